The fourth-order valence-electron chi connectivity index (χ4n) is 0.360. The number of aliphatic hydroxyl groups is 2. The van der Waals surface area contributed by atoms with Crippen molar-refractivity contribution in [3.8, 4) is 0 Å². The summed E-state index contributed by atoms with van der Waals surface area (Å²) < 4.78 is 14.3. The predicted octanol–water partition coefficient (Wildman–Crippen LogP) is -2.77. The maximum absolute atomic E-state index is 9.95. The van der Waals surface area contributed by atoms with E-state index in [0.29, 0.717) is 0 Å². The van der Waals surface area contributed by atoms with E-state index in [1.807, 2.05) is 0 Å². The van der Waals surface area contributed by atoms with Gasteiger partial charge < -0.3 is 29.3 Å². The van der Waals surface area contributed by atoms with Crippen LogP contribution < -0.4 is 9.79 Å². The molecule has 0 aliphatic rings. The van der Waals surface area contributed by atoms with Gasteiger partial charge >= 0.3 is 0 Å². The summed E-state index contributed by atoms with van der Waals surface area (Å²) >= 11 is 0. The van der Waals surface area contributed by atoms with Crippen LogP contribution in [0.5, 0.6) is 0 Å². The molecular weight excluding hydrogens is 175 g/mol. The van der Waals surface area contributed by atoms with Crippen LogP contribution >= 0.6 is 7.60 Å². The van der Waals surface area contributed by atoms with Gasteiger partial charge in [-0.15, -0.1) is 0 Å². The van der Waals surface area contributed by atoms with Crippen LogP contribution in [0.4, 0.5) is 0 Å². The molecule has 7 heteroatoms. The molecule has 0 aliphatic heterocycles. The average Bonchev–Trinajstić information content (AvgIpc) is 1.88. The van der Waals surface area contributed by atoms with Crippen LogP contribution in [0.15, 0.2) is 0 Å². The van der Waals surface area contributed by atoms with Crippen molar-refractivity contribution in [2.24, 2.45) is 0 Å². The first-order valence-corrected chi connectivity index (χ1v) is 4.57. The van der Waals surface area contributed by atoms with Gasteiger partial charge in [-0.25, -0.2) is 0 Å². The molecule has 6 nitrogen and oxygen atoms in total. The van der Waals surface area contributed by atoms with Crippen molar-refractivity contribution in [2.45, 2.75) is 6.10 Å². The molecule has 68 valence electrons. The second-order valence-electron chi connectivity index (χ2n) is 1.89. The molecule has 0 atom stereocenters. The van der Waals surface area contributed by atoms with Gasteiger partial charge in [0.1, 0.15) is 6.10 Å². The molecule has 0 bridgehead atoms. The number of hydrogen-bond donors (Lipinski definition) is 2. The van der Waals surface area contributed by atoms with E-state index in [2.05, 4.69) is 4.74 Å². The van der Waals surface area contributed by atoms with Gasteiger partial charge in [-0.2, -0.15) is 0 Å². The van der Waals surface area contributed by atoms with Gasteiger partial charge in [0.15, 0.2) is 0 Å². The van der Waals surface area contributed by atoms with Gasteiger partial charge in [0, 0.05) is 0 Å². The van der Waals surface area contributed by atoms with Crippen molar-refractivity contribution in [1.29, 1.82) is 0 Å². The molecule has 0 unspecified atom stereocenters. The van der Waals surface area contributed by atoms with Gasteiger partial charge in [0.25, 0.3) is 0 Å². The lowest BCUT2D eigenvalue weighted by molar-refractivity contribution is -0.319. The number of aliphatic hydroxyl groups excluding tert-OH is 2. The molecule has 0 rings (SSSR count). The molecule has 0 heterocycles. The summed E-state index contributed by atoms with van der Waals surface area (Å²) in [6, 6.07) is 0. The Morgan fingerprint density at radius 3 is 2.09 bits per heavy atom. The fraction of sp³-hybridized carbons (Fsp3) is 1.00. The smallest absolute Gasteiger partial charge is 0.104 e. The first kappa shape index (κ1) is 11.0. The molecule has 0 aromatic heterocycles. The monoisotopic (exact) mass is 184 g/mol. The van der Waals surface area contributed by atoms with Crippen LogP contribution in [-0.4, -0.2) is 35.9 Å². The fourth-order valence-corrected chi connectivity index (χ4v) is 0.753. The summed E-state index contributed by atoms with van der Waals surface area (Å²) in [6.45, 7) is -1.03. The Labute approximate surface area is 63.6 Å². The number of rotatable bonds is 5. The predicted molar refractivity (Wildman–Crippen MR) is 31.5 cm³/mol. The minimum atomic E-state index is -4.69. The highest BCUT2D eigenvalue weighted by atomic mass is 31.2. The van der Waals surface area contributed by atoms with Crippen LogP contribution in [0.25, 0.3) is 0 Å². The number of hydrogen-bond acceptors (Lipinski definition) is 6. The summed E-state index contributed by atoms with van der Waals surface area (Å²) in [7, 11) is -4.69. The van der Waals surface area contributed by atoms with Crippen LogP contribution in [0.3, 0.4) is 0 Å². The standard InChI is InChI=1S/C4H11O6P/c5-1-4(2-6)10-3-11(7,8)9/h4-6H,1-3H2,(H2,7,8,9)/p-2. The molecule has 0 spiro atoms. The Bertz CT molecular complexity index is 138. The Morgan fingerprint density at radius 2 is 1.82 bits per heavy atom. The molecule has 0 saturated heterocycles. The maximum atomic E-state index is 9.95. The van der Waals surface area contributed by atoms with Crippen molar-refractivity contribution in [1.82, 2.24) is 0 Å². The highest BCUT2D eigenvalue weighted by Gasteiger charge is 2.05. The highest BCUT2D eigenvalue weighted by Crippen LogP contribution is 2.22. The minimum Gasteiger partial charge on any atom is -0.809 e. The second-order valence-corrected chi connectivity index (χ2v) is 3.37. The summed E-state index contributed by atoms with van der Waals surface area (Å²) in [5.41, 5.74) is 0. The van der Waals surface area contributed by atoms with E-state index in [1.165, 1.54) is 0 Å². The van der Waals surface area contributed by atoms with E-state index < -0.39 is 33.3 Å². The molecular formula is C4H9O6P-2. The van der Waals surface area contributed by atoms with Gasteiger partial charge in [-0.3, -0.25) is 0 Å². The van der Waals surface area contributed by atoms with E-state index in [0.717, 1.165) is 0 Å². The van der Waals surface area contributed by atoms with E-state index in [-0.39, 0.29) is 0 Å². The lowest BCUT2D eigenvalue weighted by Crippen LogP contribution is -2.26. The Morgan fingerprint density at radius 1 is 1.36 bits per heavy atom. The normalized spacial score (nSPS) is 12.5. The van der Waals surface area contributed by atoms with E-state index >= 15 is 0 Å². The van der Waals surface area contributed by atoms with Crippen molar-refractivity contribution in [3.05, 3.63) is 0 Å². The summed E-state index contributed by atoms with van der Waals surface area (Å²) in [5, 5.41) is 16.7. The SMILES string of the molecule is O=P([O-])([O-])COC(CO)CO. The van der Waals surface area contributed by atoms with Crippen molar-refractivity contribution >= 4 is 7.60 Å². The third-order valence-electron chi connectivity index (χ3n) is 0.876. The van der Waals surface area contributed by atoms with Gasteiger partial charge in [0.05, 0.1) is 19.6 Å². The van der Waals surface area contributed by atoms with Crippen molar-refractivity contribution < 1.29 is 29.3 Å². The van der Waals surface area contributed by atoms with Crippen LogP contribution in [-0.2, 0) is 9.30 Å². The summed E-state index contributed by atoms with van der Waals surface area (Å²) in [5.74, 6) is 0. The lowest BCUT2D eigenvalue weighted by atomic mass is 10.4. The van der Waals surface area contributed by atoms with E-state index in [9.17, 15) is 14.4 Å². The third-order valence-corrected chi connectivity index (χ3v) is 1.34. The van der Waals surface area contributed by atoms with Gasteiger partial charge in [-0.1, -0.05) is 0 Å². The molecule has 0 aromatic rings. The second kappa shape index (κ2) is 4.82. The first-order valence-electron chi connectivity index (χ1n) is 2.84. The molecule has 0 saturated carbocycles. The molecule has 11 heavy (non-hydrogen) atoms. The van der Waals surface area contributed by atoms with Crippen LogP contribution in [0, 0.1) is 0 Å². The molecule has 0 radical (unpaired) electrons. The van der Waals surface area contributed by atoms with Crippen molar-refractivity contribution in [3.63, 3.8) is 0 Å². The zero-order valence-electron chi connectivity index (χ0n) is 5.67. The van der Waals surface area contributed by atoms with Crippen LogP contribution in [0.1, 0.15) is 0 Å². The molecule has 0 aliphatic carbocycles. The zero-order chi connectivity index (χ0) is 8.91. The average molecular weight is 184 g/mol. The largest absolute Gasteiger partial charge is 0.809 e. The molecule has 2 N–H and O–H groups in total. The molecule has 0 amide bonds. The summed E-state index contributed by atoms with van der Waals surface area (Å²) in [6.07, 6.45) is -2.00. The molecule has 0 aromatic carbocycles. The Balaban J connectivity index is 3.59. The first-order chi connectivity index (χ1) is 4.99. The lowest BCUT2D eigenvalue weighted by Gasteiger charge is -2.30. The van der Waals surface area contributed by atoms with Crippen LogP contribution in [0.2, 0.25) is 0 Å². The van der Waals surface area contributed by atoms with Gasteiger partial charge in [-0.05, 0) is 7.60 Å². The van der Waals surface area contributed by atoms with E-state index in [1.54, 1.807) is 0 Å². The Hall–Kier alpha value is 0.0300. The van der Waals surface area contributed by atoms with Crippen molar-refractivity contribution in [2.75, 3.05) is 19.6 Å². The topological polar surface area (TPSA) is 113 Å². The number of ether oxygens (including phenoxy) is 1. The summed E-state index contributed by atoms with van der Waals surface area (Å²) in [4.78, 5) is 19.9. The zero-order valence-corrected chi connectivity index (χ0v) is 6.57. The third kappa shape index (κ3) is 6.43. The maximum Gasteiger partial charge on any atom is 0.104 e. The van der Waals surface area contributed by atoms with E-state index in [4.69, 9.17) is 10.2 Å². The molecule has 0 fully saturated rings. The van der Waals surface area contributed by atoms with Gasteiger partial charge in [0.2, 0.25) is 0 Å². The minimum absolute atomic E-state index is 0.517. The Kier molecular flexibility index (Phi) is 4.83. The quantitative estimate of drug-likeness (QED) is 0.447. The highest BCUT2D eigenvalue weighted by molar-refractivity contribution is 7.48.